The summed E-state index contributed by atoms with van der Waals surface area (Å²) >= 11 is 0. The van der Waals surface area contributed by atoms with Gasteiger partial charge in [-0.15, -0.1) is 12.3 Å². The molecule has 13 heteroatoms. The van der Waals surface area contributed by atoms with Crippen LogP contribution >= 0.6 is 0 Å². The summed E-state index contributed by atoms with van der Waals surface area (Å²) in [6.07, 6.45) is 7.24. The van der Waals surface area contributed by atoms with E-state index in [4.69, 9.17) is 0 Å². The number of urea groups is 2. The smallest absolute Gasteiger partial charge is 0.319 e. The van der Waals surface area contributed by atoms with Crippen LogP contribution in [-0.4, -0.2) is 114 Å². The Bertz CT molecular complexity index is 1400. The highest BCUT2D eigenvalue weighted by molar-refractivity contribution is 6.38. The van der Waals surface area contributed by atoms with Gasteiger partial charge in [-0.25, -0.2) is 9.59 Å². The highest BCUT2D eigenvalue weighted by atomic mass is 16.2. The zero-order chi connectivity index (χ0) is 36.3. The lowest BCUT2D eigenvalue weighted by molar-refractivity contribution is -0.143. The molecule has 5 atom stereocenters. The first kappa shape index (κ1) is 37.7. The lowest BCUT2D eigenvalue weighted by Crippen LogP contribution is -2.62. The van der Waals surface area contributed by atoms with E-state index in [2.05, 4.69) is 33.6 Å². The highest BCUT2D eigenvalue weighted by Crippen LogP contribution is 2.37. The molecule has 0 aromatic rings. The van der Waals surface area contributed by atoms with Crippen LogP contribution in [0.5, 0.6) is 0 Å². The van der Waals surface area contributed by atoms with Crippen LogP contribution in [0.3, 0.4) is 0 Å². The van der Waals surface area contributed by atoms with Gasteiger partial charge in [-0.3, -0.25) is 19.2 Å². The average molecular weight is 682 g/mol. The van der Waals surface area contributed by atoms with Gasteiger partial charge in [0.15, 0.2) is 0 Å². The topological polar surface area (TPSA) is 160 Å². The Morgan fingerprint density at radius 2 is 1.71 bits per heavy atom. The number of nitrogens with zero attached hydrogens (tertiary/aromatic N) is 3. The second-order valence-corrected chi connectivity index (χ2v) is 16.0. The van der Waals surface area contributed by atoms with E-state index in [1.165, 1.54) is 11.0 Å². The van der Waals surface area contributed by atoms with Crippen molar-refractivity contribution >= 4 is 35.6 Å². The number of carbonyl (C=O) groups is 6. The van der Waals surface area contributed by atoms with E-state index in [0.717, 1.165) is 19.3 Å². The summed E-state index contributed by atoms with van der Waals surface area (Å²) in [6.45, 7) is 17.0. The molecule has 2 aliphatic carbocycles. The molecule has 13 nitrogen and oxygen atoms in total. The minimum atomic E-state index is -1.04. The summed E-state index contributed by atoms with van der Waals surface area (Å²) in [6, 6.07) is -4.14. The predicted octanol–water partition coefficient (Wildman–Crippen LogP) is 2.34. The Morgan fingerprint density at radius 3 is 2.29 bits per heavy atom. The van der Waals surface area contributed by atoms with Crippen LogP contribution < -0.4 is 21.3 Å². The normalized spacial score (nSPS) is 22.2. The lowest BCUT2D eigenvalue weighted by atomic mass is 9.85. The van der Waals surface area contributed by atoms with Gasteiger partial charge in [-0.05, 0) is 42.1 Å². The molecule has 2 saturated heterocycles. The van der Waals surface area contributed by atoms with Gasteiger partial charge in [-0.1, -0.05) is 60.5 Å². The van der Waals surface area contributed by atoms with Gasteiger partial charge in [-0.2, -0.15) is 0 Å². The maximum absolute atomic E-state index is 14.4. The van der Waals surface area contributed by atoms with E-state index in [1.807, 2.05) is 41.5 Å². The van der Waals surface area contributed by atoms with Crippen LogP contribution in [0.1, 0.15) is 73.6 Å². The standard InChI is InChI=1S/C36H55N7O6/c1-9-17-37-31(46)28(44)25(16-13-22-11-12-22)38-30(45)27-24-15-14-23(24)20-43(27)32(47)29(36(5,6)7)40-33(48)39-26(35(2,3)4)21-42-19-10-18-41(8)34(42)49/h9,14,22-23,25-27,29H,1,10-13,16-21H2,2-8H3,(H,37,46)(H,38,45)(H2,39,40,48)/t23?,25?,26-,27+,29-/m1/s1. The number of nitrogens with one attached hydrogen (secondary N) is 4. The van der Waals surface area contributed by atoms with Gasteiger partial charge < -0.3 is 36.0 Å². The molecule has 0 radical (unpaired) electrons. The van der Waals surface area contributed by atoms with Crippen LogP contribution in [0.15, 0.2) is 30.0 Å². The number of hydrogen-bond donors (Lipinski definition) is 4. The molecule has 7 amide bonds. The number of likely N-dealkylation sites (tertiary alicyclic amines) is 1. The lowest BCUT2D eigenvalue weighted by Gasteiger charge is -2.40. The van der Waals surface area contributed by atoms with Crippen LogP contribution in [-0.2, 0) is 19.2 Å². The van der Waals surface area contributed by atoms with Gasteiger partial charge >= 0.3 is 12.1 Å². The molecular weight excluding hydrogens is 626 g/mol. The highest BCUT2D eigenvalue weighted by Gasteiger charge is 2.49. The van der Waals surface area contributed by atoms with Crippen LogP contribution in [0.25, 0.3) is 0 Å². The summed E-state index contributed by atoms with van der Waals surface area (Å²) in [5, 5.41) is 11.2. The molecular formula is C36H55N7O6. The van der Waals surface area contributed by atoms with Crippen molar-refractivity contribution in [1.29, 1.82) is 0 Å². The van der Waals surface area contributed by atoms with Gasteiger partial charge in [0.25, 0.3) is 5.91 Å². The number of ketones is 1. The fourth-order valence-corrected chi connectivity index (χ4v) is 6.46. The number of fused-ring (bicyclic) bond motifs is 1. The predicted molar refractivity (Wildman–Crippen MR) is 185 cm³/mol. The average Bonchev–Trinajstić information content (AvgIpc) is 3.80. The second kappa shape index (κ2) is 15.2. The van der Waals surface area contributed by atoms with E-state index in [-0.39, 0.29) is 25.0 Å². The number of carbonyl (C=O) groups excluding carboxylic acids is 6. The van der Waals surface area contributed by atoms with Gasteiger partial charge in [0.2, 0.25) is 17.6 Å². The Labute approximate surface area is 290 Å². The molecule has 3 fully saturated rings. The van der Waals surface area contributed by atoms with Gasteiger partial charge in [0.05, 0.1) is 12.1 Å². The first-order valence-corrected chi connectivity index (χ1v) is 17.5. The SMILES string of the molecule is C=CCNC(=O)C(=O)C(CCC1CC1)NC(=O)[C@@H]1C2=C=CC2CN1C(=O)[C@@H](NC(=O)N[C@H](CN1CCCN(C)C1=O)C(C)(C)C)C(C)(C)C. The molecule has 49 heavy (non-hydrogen) atoms. The third kappa shape index (κ3) is 9.32. The Kier molecular flexibility index (Phi) is 11.7. The number of amides is 7. The van der Waals surface area contributed by atoms with Crippen molar-refractivity contribution in [2.75, 3.05) is 39.8 Å². The Balaban J connectivity index is 1.50. The number of hydrogen-bond acceptors (Lipinski definition) is 6. The van der Waals surface area contributed by atoms with E-state index < -0.39 is 64.5 Å². The van der Waals surface area contributed by atoms with Crippen LogP contribution in [0, 0.1) is 22.7 Å². The van der Waals surface area contributed by atoms with Crippen molar-refractivity contribution < 1.29 is 28.8 Å². The van der Waals surface area contributed by atoms with E-state index in [1.54, 1.807) is 22.9 Å². The largest absolute Gasteiger partial charge is 0.346 e. The first-order valence-electron chi connectivity index (χ1n) is 17.5. The third-order valence-corrected chi connectivity index (χ3v) is 9.87. The molecule has 2 heterocycles. The van der Waals surface area contributed by atoms with Crippen molar-refractivity contribution in [2.45, 2.75) is 97.8 Å². The molecule has 270 valence electrons. The fraction of sp³-hybridized carbons (Fsp3) is 0.694. The first-order chi connectivity index (χ1) is 22.9. The zero-order valence-corrected chi connectivity index (χ0v) is 30.2. The van der Waals surface area contributed by atoms with Crippen LogP contribution in [0.2, 0.25) is 0 Å². The van der Waals surface area contributed by atoms with E-state index >= 15 is 0 Å². The number of Topliss-reactive ketones (excluding diaryl/α,β-unsaturated/α-hetero) is 1. The summed E-state index contributed by atoms with van der Waals surface area (Å²) in [4.78, 5) is 85.3. The molecule has 1 saturated carbocycles. The Hall–Kier alpha value is -4.12. The van der Waals surface area contributed by atoms with E-state index in [9.17, 15) is 28.8 Å². The van der Waals surface area contributed by atoms with E-state index in [0.29, 0.717) is 44.0 Å². The van der Waals surface area contributed by atoms with Crippen molar-refractivity contribution in [3.63, 3.8) is 0 Å². The summed E-state index contributed by atoms with van der Waals surface area (Å²) in [7, 11) is 1.76. The maximum Gasteiger partial charge on any atom is 0.319 e. The van der Waals surface area contributed by atoms with Crippen LogP contribution in [0.4, 0.5) is 9.59 Å². The molecule has 0 spiro atoms. The maximum atomic E-state index is 14.4. The summed E-state index contributed by atoms with van der Waals surface area (Å²) in [5.41, 5.74) is 2.56. The molecule has 2 unspecified atom stereocenters. The monoisotopic (exact) mass is 681 g/mol. The van der Waals surface area contributed by atoms with Gasteiger partial charge in [0, 0.05) is 51.3 Å². The third-order valence-electron chi connectivity index (χ3n) is 9.87. The molecule has 0 aromatic carbocycles. The quantitative estimate of drug-likeness (QED) is 0.125. The molecule has 2 aliphatic heterocycles. The minimum absolute atomic E-state index is 0.0878. The number of rotatable bonds is 14. The molecule has 4 rings (SSSR count). The molecule has 4 N–H and O–H groups in total. The summed E-state index contributed by atoms with van der Waals surface area (Å²) < 4.78 is 0. The second-order valence-electron chi connectivity index (χ2n) is 16.0. The van der Waals surface area contributed by atoms with Crippen molar-refractivity contribution in [2.24, 2.45) is 22.7 Å². The minimum Gasteiger partial charge on any atom is -0.346 e. The fourth-order valence-electron chi connectivity index (χ4n) is 6.46. The van der Waals surface area contributed by atoms with Crippen molar-refractivity contribution in [3.05, 3.63) is 30.0 Å². The van der Waals surface area contributed by atoms with Crippen molar-refractivity contribution in [3.8, 4) is 0 Å². The van der Waals surface area contributed by atoms with Gasteiger partial charge in [0.1, 0.15) is 12.1 Å². The van der Waals surface area contributed by atoms with Crippen molar-refractivity contribution in [1.82, 2.24) is 36.0 Å². The molecule has 4 aliphatic rings. The zero-order valence-electron chi connectivity index (χ0n) is 30.2. The summed E-state index contributed by atoms with van der Waals surface area (Å²) in [5.74, 6) is -2.23. The molecule has 0 aromatic heterocycles. The Morgan fingerprint density at radius 1 is 1.02 bits per heavy atom. The molecule has 0 bridgehead atoms.